The minimum atomic E-state index is -1.34. The van der Waals surface area contributed by atoms with Crippen LogP contribution in [0.3, 0.4) is 0 Å². The van der Waals surface area contributed by atoms with Crippen LogP contribution in [0.25, 0.3) is 11.0 Å². The van der Waals surface area contributed by atoms with Gasteiger partial charge in [0.25, 0.3) is 0 Å². The SMILES string of the molecule is C#CCOc1cnc2c(N/C(C)=C/C(F)=C(/F)C(=C)[C@@]3(C)N=C(N)S[C@]4(C(N)=O)[C@H]3[C@@H]4C)nccc2n1. The number of nitrogens with two attached hydrogens (primary N) is 2. The molecule has 0 saturated heterocycles. The average Bonchev–Trinajstić information content (AvgIpc) is 3.47. The Kier molecular flexibility index (Phi) is 6.68. The summed E-state index contributed by atoms with van der Waals surface area (Å²) in [5, 5.41) is 2.98. The van der Waals surface area contributed by atoms with Gasteiger partial charge in [-0.3, -0.25) is 9.79 Å². The van der Waals surface area contributed by atoms with E-state index in [1.807, 2.05) is 0 Å². The zero-order chi connectivity index (χ0) is 27.1. The van der Waals surface area contributed by atoms with Crippen LogP contribution in [0.4, 0.5) is 14.6 Å². The lowest BCUT2D eigenvalue weighted by molar-refractivity contribution is -0.118. The molecule has 0 spiro atoms. The van der Waals surface area contributed by atoms with Gasteiger partial charge in [-0.15, -0.1) is 6.42 Å². The van der Waals surface area contributed by atoms with Crippen molar-refractivity contribution in [2.75, 3.05) is 11.9 Å². The van der Waals surface area contributed by atoms with Gasteiger partial charge in [0, 0.05) is 23.4 Å². The molecular weight excluding hydrogens is 500 g/mol. The first-order chi connectivity index (χ1) is 17.5. The van der Waals surface area contributed by atoms with Crippen molar-refractivity contribution >= 4 is 39.7 Å². The Morgan fingerprint density at radius 3 is 2.84 bits per heavy atom. The van der Waals surface area contributed by atoms with Crippen LogP contribution in [0, 0.1) is 24.2 Å². The summed E-state index contributed by atoms with van der Waals surface area (Å²) in [6.07, 6.45) is 9.02. The smallest absolute Gasteiger partial charge is 0.234 e. The van der Waals surface area contributed by atoms with Gasteiger partial charge < -0.3 is 21.5 Å². The number of aliphatic imine (C=N–C) groups is 1. The largest absolute Gasteiger partial charge is 0.463 e. The number of nitrogens with one attached hydrogen (secondary N) is 1. The maximum absolute atomic E-state index is 15.3. The van der Waals surface area contributed by atoms with E-state index in [0.29, 0.717) is 11.0 Å². The van der Waals surface area contributed by atoms with E-state index in [-0.39, 0.29) is 40.7 Å². The normalized spacial score (nSPS) is 27.4. The number of pyridine rings is 1. The van der Waals surface area contributed by atoms with E-state index in [2.05, 4.69) is 37.8 Å². The Balaban J connectivity index is 1.59. The first kappa shape index (κ1) is 26.1. The highest BCUT2D eigenvalue weighted by atomic mass is 32.2. The van der Waals surface area contributed by atoms with Crippen molar-refractivity contribution in [1.29, 1.82) is 0 Å². The van der Waals surface area contributed by atoms with Gasteiger partial charge in [0.05, 0.1) is 17.3 Å². The fourth-order valence-electron chi connectivity index (χ4n) is 4.82. The number of nitrogens with zero attached hydrogens (tertiary/aromatic N) is 4. The van der Waals surface area contributed by atoms with Crippen molar-refractivity contribution in [2.45, 2.75) is 31.1 Å². The summed E-state index contributed by atoms with van der Waals surface area (Å²) in [5.74, 6) is -0.812. The predicted octanol–water partition coefficient (Wildman–Crippen LogP) is 3.37. The number of halogens is 2. The summed E-state index contributed by atoms with van der Waals surface area (Å²) in [6, 6.07) is 1.62. The van der Waals surface area contributed by atoms with E-state index in [9.17, 15) is 4.79 Å². The summed E-state index contributed by atoms with van der Waals surface area (Å²) < 4.78 is 34.6. The number of amides is 1. The molecule has 4 rings (SSSR count). The second-order valence-corrected chi connectivity index (χ2v) is 10.2. The highest BCUT2D eigenvalue weighted by Crippen LogP contribution is 2.68. The van der Waals surface area contributed by atoms with Gasteiger partial charge in [-0.05, 0) is 31.9 Å². The number of rotatable bonds is 8. The van der Waals surface area contributed by atoms with E-state index in [4.69, 9.17) is 22.6 Å². The molecule has 0 radical (unpaired) electrons. The Bertz CT molecular complexity index is 1450. The second kappa shape index (κ2) is 9.48. The fraction of sp³-hybridized carbons (Fsp3) is 0.320. The number of allylic oxidation sites excluding steroid dienone is 3. The van der Waals surface area contributed by atoms with E-state index in [1.165, 1.54) is 19.3 Å². The maximum atomic E-state index is 15.3. The molecular formula is C25H25F2N7O2S. The molecule has 9 nitrogen and oxygen atoms in total. The van der Waals surface area contributed by atoms with Gasteiger partial charge in [-0.2, -0.15) is 0 Å². The first-order valence-corrected chi connectivity index (χ1v) is 12.0. The van der Waals surface area contributed by atoms with Crippen molar-refractivity contribution in [1.82, 2.24) is 15.0 Å². The quantitative estimate of drug-likeness (QED) is 0.352. The standard InChI is InChI=1S/C25H25F2N7O2S/c1-6-9-36-17-11-31-19-16(33-17)7-8-30-21(19)32-12(2)10-15(26)18(27)13(3)24(5)20-14(4)25(20,22(28)35)37-23(29)34-24/h1,7-8,10-11,14,20H,3,9H2,2,4-5H3,(H2,28,35)(H2,29,34)(H,30,32)/b12-10+,18-15-/t14-,20-,24+,25-/m0/s1. The van der Waals surface area contributed by atoms with Crippen molar-refractivity contribution in [2.24, 2.45) is 28.3 Å². The van der Waals surface area contributed by atoms with Gasteiger partial charge in [-0.1, -0.05) is 31.2 Å². The molecule has 192 valence electrons. The molecule has 1 aliphatic heterocycles. The summed E-state index contributed by atoms with van der Waals surface area (Å²) in [6.45, 7) is 8.72. The highest BCUT2D eigenvalue weighted by Gasteiger charge is 2.75. The van der Waals surface area contributed by atoms with Gasteiger partial charge in [0.15, 0.2) is 29.2 Å². The number of fused-ring (bicyclic) bond motifs is 2. The van der Waals surface area contributed by atoms with Crippen molar-refractivity contribution in [3.8, 4) is 18.2 Å². The zero-order valence-corrected chi connectivity index (χ0v) is 21.2. The minimum Gasteiger partial charge on any atom is -0.463 e. The number of carbonyl (C=O) groups excluding carboxylic acids is 1. The molecule has 3 heterocycles. The zero-order valence-electron chi connectivity index (χ0n) is 20.4. The van der Waals surface area contributed by atoms with E-state index in [0.717, 1.165) is 17.8 Å². The van der Waals surface area contributed by atoms with Crippen LogP contribution >= 0.6 is 11.8 Å². The monoisotopic (exact) mass is 525 g/mol. The summed E-state index contributed by atoms with van der Waals surface area (Å²) >= 11 is 1.06. The van der Waals surface area contributed by atoms with Crippen LogP contribution in [0.1, 0.15) is 20.8 Å². The highest BCUT2D eigenvalue weighted by molar-refractivity contribution is 8.15. The molecule has 0 unspecified atom stereocenters. The van der Waals surface area contributed by atoms with E-state index in [1.54, 1.807) is 19.9 Å². The number of primary amides is 1. The molecule has 2 aliphatic rings. The Labute approximate surface area is 216 Å². The molecule has 1 amide bonds. The Hall–Kier alpha value is -3.98. The maximum Gasteiger partial charge on any atom is 0.234 e. The molecule has 1 saturated carbocycles. The number of aromatic nitrogens is 3. The van der Waals surface area contributed by atoms with E-state index >= 15 is 8.78 Å². The third-order valence-corrected chi connectivity index (χ3v) is 8.09. The van der Waals surface area contributed by atoms with Crippen LogP contribution in [-0.2, 0) is 4.79 Å². The first-order valence-electron chi connectivity index (χ1n) is 11.2. The van der Waals surface area contributed by atoms with E-state index < -0.39 is 33.8 Å². The van der Waals surface area contributed by atoms with Crippen molar-refractivity contribution in [3.63, 3.8) is 0 Å². The van der Waals surface area contributed by atoms with Crippen LogP contribution in [0.2, 0.25) is 0 Å². The lowest BCUT2D eigenvalue weighted by Crippen LogP contribution is -2.44. The number of hydrogen-bond donors (Lipinski definition) is 3. The molecule has 12 heteroatoms. The number of amidine groups is 1. The molecule has 1 fully saturated rings. The molecule has 5 N–H and O–H groups in total. The van der Waals surface area contributed by atoms with Crippen LogP contribution in [0.5, 0.6) is 5.88 Å². The number of carbonyl (C=O) groups is 1. The lowest BCUT2D eigenvalue weighted by Gasteiger charge is -2.33. The molecule has 4 atom stereocenters. The second-order valence-electron chi connectivity index (χ2n) is 8.94. The number of hydrogen-bond acceptors (Lipinski definition) is 9. The van der Waals surface area contributed by atoms with Crippen molar-refractivity contribution in [3.05, 3.63) is 54.0 Å². The molecule has 2 aromatic rings. The van der Waals surface area contributed by atoms with Gasteiger partial charge in [-0.25, -0.2) is 23.7 Å². The van der Waals surface area contributed by atoms with Gasteiger partial charge in [0.1, 0.15) is 10.3 Å². The number of thioether (sulfide) groups is 1. The minimum absolute atomic E-state index is 0.0413. The average molecular weight is 526 g/mol. The fourth-order valence-corrected chi connectivity index (χ4v) is 6.31. The summed E-state index contributed by atoms with van der Waals surface area (Å²) in [7, 11) is 0. The molecule has 1 aliphatic carbocycles. The van der Waals surface area contributed by atoms with Gasteiger partial charge in [0.2, 0.25) is 11.8 Å². The number of terminal acetylenes is 1. The van der Waals surface area contributed by atoms with Crippen molar-refractivity contribution < 1.29 is 18.3 Å². The third kappa shape index (κ3) is 4.40. The van der Waals surface area contributed by atoms with Crippen LogP contribution in [0.15, 0.2) is 59.0 Å². The van der Waals surface area contributed by atoms with Gasteiger partial charge >= 0.3 is 0 Å². The number of anilines is 1. The summed E-state index contributed by atoms with van der Waals surface area (Å²) in [4.78, 5) is 29.3. The number of ether oxygens (including phenoxy) is 1. The van der Waals surface area contributed by atoms with Crippen LogP contribution < -0.4 is 21.5 Å². The Morgan fingerprint density at radius 2 is 2.16 bits per heavy atom. The van der Waals surface area contributed by atoms with Crippen LogP contribution in [-0.4, -0.2) is 42.9 Å². The lowest BCUT2D eigenvalue weighted by atomic mass is 9.85. The topological polar surface area (TPSA) is 141 Å². The molecule has 0 aromatic carbocycles. The summed E-state index contributed by atoms with van der Waals surface area (Å²) in [5.41, 5.74) is 11.1. The third-order valence-electron chi connectivity index (χ3n) is 6.62. The molecule has 2 aromatic heterocycles. The Morgan fingerprint density at radius 1 is 1.43 bits per heavy atom. The predicted molar refractivity (Wildman–Crippen MR) is 140 cm³/mol. The molecule has 37 heavy (non-hydrogen) atoms. The molecule has 0 bridgehead atoms.